The summed E-state index contributed by atoms with van der Waals surface area (Å²) in [5, 5.41) is 7.22. The molecule has 1 aliphatic heterocycles. The summed E-state index contributed by atoms with van der Waals surface area (Å²) < 4.78 is 6.77. The SMILES string of the molecule is C[C@H](C(=O)NC[C@H]1CCCO1)n1nc2c(cc1=O)CCC2. The number of carbonyl (C=O) groups is 1. The Morgan fingerprint density at radius 2 is 2.38 bits per heavy atom. The van der Waals surface area contributed by atoms with Crippen LogP contribution in [0, 0.1) is 0 Å². The molecule has 114 valence electrons. The Balaban J connectivity index is 1.68. The van der Waals surface area contributed by atoms with E-state index in [0.29, 0.717) is 6.54 Å². The molecule has 1 saturated heterocycles. The van der Waals surface area contributed by atoms with Crippen LogP contribution in [0.3, 0.4) is 0 Å². The van der Waals surface area contributed by atoms with Crippen molar-refractivity contribution in [3.05, 3.63) is 27.7 Å². The summed E-state index contributed by atoms with van der Waals surface area (Å²) in [7, 11) is 0. The standard InChI is InChI=1S/C15H21N3O3/c1-10(15(20)16-9-12-5-3-7-21-12)18-14(19)8-11-4-2-6-13(11)17-18/h8,10,12H,2-7,9H2,1H3,(H,16,20)/t10-,12-/m1/s1. The van der Waals surface area contributed by atoms with Crippen LogP contribution in [0.1, 0.15) is 43.5 Å². The summed E-state index contributed by atoms with van der Waals surface area (Å²) in [4.78, 5) is 24.3. The molecule has 1 fully saturated rings. The number of aryl methyl sites for hydroxylation is 2. The van der Waals surface area contributed by atoms with Gasteiger partial charge in [0.15, 0.2) is 0 Å². The first-order chi connectivity index (χ1) is 10.1. The van der Waals surface area contributed by atoms with Crippen molar-refractivity contribution < 1.29 is 9.53 Å². The number of carbonyl (C=O) groups excluding carboxylic acids is 1. The highest BCUT2D eigenvalue weighted by molar-refractivity contribution is 5.79. The van der Waals surface area contributed by atoms with Gasteiger partial charge in [0.1, 0.15) is 6.04 Å². The molecule has 0 saturated carbocycles. The molecule has 1 aliphatic carbocycles. The summed E-state index contributed by atoms with van der Waals surface area (Å²) in [5.41, 5.74) is 1.78. The van der Waals surface area contributed by atoms with E-state index < -0.39 is 6.04 Å². The van der Waals surface area contributed by atoms with Gasteiger partial charge in [0, 0.05) is 19.2 Å². The molecule has 6 nitrogen and oxygen atoms in total. The van der Waals surface area contributed by atoms with E-state index in [2.05, 4.69) is 10.4 Å². The van der Waals surface area contributed by atoms with E-state index in [1.165, 1.54) is 4.68 Å². The minimum Gasteiger partial charge on any atom is -0.376 e. The van der Waals surface area contributed by atoms with Crippen LogP contribution in [-0.2, 0) is 22.4 Å². The number of hydrogen-bond donors (Lipinski definition) is 1. The van der Waals surface area contributed by atoms with Crippen LogP contribution in [0.4, 0.5) is 0 Å². The maximum Gasteiger partial charge on any atom is 0.267 e. The van der Waals surface area contributed by atoms with Crippen LogP contribution in [-0.4, -0.2) is 34.9 Å². The molecule has 6 heteroatoms. The van der Waals surface area contributed by atoms with Gasteiger partial charge < -0.3 is 10.1 Å². The third-order valence-corrected chi connectivity index (χ3v) is 4.26. The number of aromatic nitrogens is 2. The predicted octanol–water partition coefficient (Wildman–Crippen LogP) is 0.588. The minimum absolute atomic E-state index is 0.103. The average molecular weight is 291 g/mol. The first-order valence-electron chi connectivity index (χ1n) is 7.66. The van der Waals surface area contributed by atoms with Gasteiger partial charge in [0.25, 0.3) is 5.56 Å². The second-order valence-corrected chi connectivity index (χ2v) is 5.81. The van der Waals surface area contributed by atoms with Gasteiger partial charge in [0.05, 0.1) is 11.8 Å². The molecule has 0 spiro atoms. The van der Waals surface area contributed by atoms with Crippen molar-refractivity contribution in [1.29, 1.82) is 0 Å². The quantitative estimate of drug-likeness (QED) is 0.881. The average Bonchev–Trinajstić information content (AvgIpc) is 3.13. The van der Waals surface area contributed by atoms with E-state index in [1.54, 1.807) is 13.0 Å². The summed E-state index contributed by atoms with van der Waals surface area (Å²) in [5.74, 6) is -0.182. The monoisotopic (exact) mass is 291 g/mol. The maximum atomic E-state index is 12.2. The molecule has 0 unspecified atom stereocenters. The number of amides is 1. The number of hydrogen-bond acceptors (Lipinski definition) is 4. The minimum atomic E-state index is -0.593. The van der Waals surface area contributed by atoms with Crippen molar-refractivity contribution in [2.24, 2.45) is 0 Å². The molecule has 0 bridgehead atoms. The smallest absolute Gasteiger partial charge is 0.267 e. The zero-order valence-electron chi connectivity index (χ0n) is 12.3. The summed E-state index contributed by atoms with van der Waals surface area (Å²) >= 11 is 0. The maximum absolute atomic E-state index is 12.2. The molecule has 1 aromatic rings. The lowest BCUT2D eigenvalue weighted by molar-refractivity contribution is -0.124. The van der Waals surface area contributed by atoms with Crippen molar-refractivity contribution in [1.82, 2.24) is 15.1 Å². The van der Waals surface area contributed by atoms with Gasteiger partial charge in [-0.2, -0.15) is 5.10 Å². The molecular formula is C15H21N3O3. The van der Waals surface area contributed by atoms with Crippen molar-refractivity contribution in [2.75, 3.05) is 13.2 Å². The van der Waals surface area contributed by atoms with Gasteiger partial charge in [-0.25, -0.2) is 4.68 Å². The third kappa shape index (κ3) is 3.00. The van der Waals surface area contributed by atoms with Crippen molar-refractivity contribution >= 4 is 5.91 Å². The van der Waals surface area contributed by atoms with Crippen LogP contribution in [0.5, 0.6) is 0 Å². The highest BCUT2D eigenvalue weighted by atomic mass is 16.5. The van der Waals surface area contributed by atoms with Crippen molar-refractivity contribution in [3.63, 3.8) is 0 Å². The molecule has 21 heavy (non-hydrogen) atoms. The third-order valence-electron chi connectivity index (χ3n) is 4.26. The second-order valence-electron chi connectivity index (χ2n) is 5.81. The molecule has 0 radical (unpaired) electrons. The first-order valence-corrected chi connectivity index (χ1v) is 7.66. The summed E-state index contributed by atoms with van der Waals surface area (Å²) in [6.07, 6.45) is 4.96. The van der Waals surface area contributed by atoms with Gasteiger partial charge in [-0.1, -0.05) is 0 Å². The Bertz CT molecular complexity index is 590. The number of rotatable bonds is 4. The Labute approximate surface area is 123 Å². The van der Waals surface area contributed by atoms with E-state index in [0.717, 1.165) is 50.0 Å². The highest BCUT2D eigenvalue weighted by Gasteiger charge is 2.23. The predicted molar refractivity (Wildman–Crippen MR) is 77.2 cm³/mol. The lowest BCUT2D eigenvalue weighted by Gasteiger charge is -2.16. The number of ether oxygens (including phenoxy) is 1. The zero-order valence-corrected chi connectivity index (χ0v) is 12.3. The summed E-state index contributed by atoms with van der Waals surface area (Å²) in [6.45, 7) is 2.98. The fourth-order valence-electron chi connectivity index (χ4n) is 2.97. The molecule has 0 aromatic carbocycles. The summed E-state index contributed by atoms with van der Waals surface area (Å²) in [6, 6.07) is 1.03. The van der Waals surface area contributed by atoms with Crippen LogP contribution >= 0.6 is 0 Å². The van der Waals surface area contributed by atoms with Gasteiger partial charge >= 0.3 is 0 Å². The first kappa shape index (κ1) is 14.3. The molecule has 1 amide bonds. The number of fused-ring (bicyclic) bond motifs is 1. The molecular weight excluding hydrogens is 270 g/mol. The Morgan fingerprint density at radius 3 is 3.14 bits per heavy atom. The van der Waals surface area contributed by atoms with E-state index in [4.69, 9.17) is 4.74 Å². The fourth-order valence-corrected chi connectivity index (χ4v) is 2.97. The van der Waals surface area contributed by atoms with Crippen LogP contribution < -0.4 is 10.9 Å². The van der Waals surface area contributed by atoms with Gasteiger partial charge in [0.2, 0.25) is 5.91 Å². The zero-order chi connectivity index (χ0) is 14.8. The lowest BCUT2D eigenvalue weighted by Crippen LogP contribution is -2.40. The van der Waals surface area contributed by atoms with Crippen molar-refractivity contribution in [2.45, 2.75) is 51.2 Å². The topological polar surface area (TPSA) is 73.2 Å². The number of nitrogens with one attached hydrogen (secondary N) is 1. The molecule has 2 atom stereocenters. The Kier molecular flexibility index (Phi) is 4.05. The van der Waals surface area contributed by atoms with E-state index in [-0.39, 0.29) is 17.6 Å². The van der Waals surface area contributed by atoms with Gasteiger partial charge in [-0.05, 0) is 44.6 Å². The van der Waals surface area contributed by atoms with Crippen LogP contribution in [0.2, 0.25) is 0 Å². The normalized spacial score (nSPS) is 22.0. The lowest BCUT2D eigenvalue weighted by atomic mass is 10.2. The van der Waals surface area contributed by atoms with Crippen LogP contribution in [0.25, 0.3) is 0 Å². The van der Waals surface area contributed by atoms with Gasteiger partial charge in [-0.15, -0.1) is 0 Å². The van der Waals surface area contributed by atoms with E-state index in [9.17, 15) is 9.59 Å². The van der Waals surface area contributed by atoms with E-state index >= 15 is 0 Å². The van der Waals surface area contributed by atoms with Gasteiger partial charge in [-0.3, -0.25) is 9.59 Å². The van der Waals surface area contributed by atoms with E-state index in [1.807, 2.05) is 0 Å². The molecule has 1 N–H and O–H groups in total. The molecule has 3 rings (SSSR count). The second kappa shape index (κ2) is 5.97. The molecule has 2 heterocycles. The molecule has 1 aromatic heterocycles. The van der Waals surface area contributed by atoms with Crippen molar-refractivity contribution in [3.8, 4) is 0 Å². The highest BCUT2D eigenvalue weighted by Crippen LogP contribution is 2.18. The molecule has 2 aliphatic rings. The van der Waals surface area contributed by atoms with Crippen LogP contribution in [0.15, 0.2) is 10.9 Å². The number of nitrogens with zero attached hydrogens (tertiary/aromatic N) is 2. The Morgan fingerprint density at radius 1 is 1.52 bits per heavy atom. The largest absolute Gasteiger partial charge is 0.376 e. The fraction of sp³-hybridized carbons (Fsp3) is 0.667. The Hall–Kier alpha value is -1.69.